The number of aldehydes is 1. The molecule has 186 valence electrons. The Morgan fingerprint density at radius 3 is 2.59 bits per heavy atom. The smallest absolute Gasteiger partial charge is 0.264 e. The number of nitrogens with one attached hydrogen (secondary N) is 1. The molecule has 2 aromatic rings. The summed E-state index contributed by atoms with van der Waals surface area (Å²) < 4.78 is 27.9. The molecular formula is C25H36F2N6O. The molecule has 0 radical (unpaired) electrons. The Labute approximate surface area is 200 Å². The number of halogens is 2. The van der Waals surface area contributed by atoms with Crippen LogP contribution in [0.5, 0.6) is 0 Å². The molecule has 2 aliphatic rings. The molecule has 0 unspecified atom stereocenters. The molecule has 3 heterocycles. The van der Waals surface area contributed by atoms with Crippen LogP contribution in [0.3, 0.4) is 0 Å². The number of aliphatic imine (C=N–C) groups is 1. The van der Waals surface area contributed by atoms with Crippen LogP contribution in [0.15, 0.2) is 23.3 Å². The lowest BCUT2D eigenvalue weighted by molar-refractivity contribution is -0.106. The van der Waals surface area contributed by atoms with E-state index in [1.165, 1.54) is 19.3 Å². The van der Waals surface area contributed by atoms with Gasteiger partial charge in [0.05, 0.1) is 0 Å². The van der Waals surface area contributed by atoms with E-state index in [1.807, 2.05) is 19.9 Å². The van der Waals surface area contributed by atoms with E-state index in [1.54, 1.807) is 13.1 Å². The first-order valence-corrected chi connectivity index (χ1v) is 11.7. The number of nitrogens with zero attached hydrogens (tertiary/aromatic N) is 4. The van der Waals surface area contributed by atoms with Crippen molar-refractivity contribution in [3.63, 3.8) is 0 Å². The zero-order valence-electron chi connectivity index (χ0n) is 20.7. The Hall–Kier alpha value is -3.07. The van der Waals surface area contributed by atoms with Crippen molar-refractivity contribution >= 4 is 29.6 Å². The van der Waals surface area contributed by atoms with Crippen molar-refractivity contribution in [2.45, 2.75) is 53.0 Å². The van der Waals surface area contributed by atoms with Gasteiger partial charge in [0.1, 0.15) is 6.29 Å². The number of fused-ring (bicyclic) bond motifs is 2. The van der Waals surface area contributed by atoms with Gasteiger partial charge in [-0.3, -0.25) is 10.1 Å². The van der Waals surface area contributed by atoms with E-state index in [0.29, 0.717) is 11.1 Å². The molecule has 1 aromatic heterocycles. The zero-order valence-corrected chi connectivity index (χ0v) is 20.7. The maximum absolute atomic E-state index is 14.0. The maximum atomic E-state index is 14.0. The topological polar surface area (TPSA) is 90.6 Å². The van der Waals surface area contributed by atoms with E-state index >= 15 is 0 Å². The summed E-state index contributed by atoms with van der Waals surface area (Å²) in [5.41, 5.74) is 10.8. The van der Waals surface area contributed by atoms with Gasteiger partial charge in [-0.05, 0) is 50.1 Å². The average molecular weight is 475 g/mol. The van der Waals surface area contributed by atoms with Gasteiger partial charge >= 0.3 is 0 Å². The van der Waals surface area contributed by atoms with Crippen molar-refractivity contribution in [1.29, 1.82) is 0 Å². The maximum Gasteiger partial charge on any atom is 0.264 e. The van der Waals surface area contributed by atoms with E-state index in [0.717, 1.165) is 73.5 Å². The van der Waals surface area contributed by atoms with Gasteiger partial charge in [-0.1, -0.05) is 13.8 Å². The standard InChI is InChI=1S/C21H26F2N6.C2H4O.C2H6/c1-25-11-14(10-24)15-8-13-4-3-6-29(19(13)9-16(15)20(22)23)21-17-12-28(2)7-5-18(17)26-27-21;1-2-3;1-2/h8-11,20H,3-7,12,24H2,1-2H3,(H,26,27);2H,1H3;1-2H3/b14-10+,25-11?;;. The molecule has 0 atom stereocenters. The SMILES string of the molecule is CC.CC=O.CN=C/C(=C\N)c1cc2c(cc1C(F)F)N(c1n[nH]c3c1CN(C)CC3)CCC2. The summed E-state index contributed by atoms with van der Waals surface area (Å²) >= 11 is 0. The summed E-state index contributed by atoms with van der Waals surface area (Å²) in [5, 5.41) is 7.72. The fourth-order valence-corrected chi connectivity index (χ4v) is 4.28. The molecule has 0 fully saturated rings. The van der Waals surface area contributed by atoms with E-state index in [2.05, 4.69) is 32.0 Å². The van der Waals surface area contributed by atoms with Crippen molar-refractivity contribution < 1.29 is 13.6 Å². The number of benzene rings is 1. The number of anilines is 2. The second-order valence-electron chi connectivity index (χ2n) is 7.86. The van der Waals surface area contributed by atoms with E-state index in [9.17, 15) is 8.78 Å². The number of likely N-dealkylation sites (N-methyl/N-ethyl adjacent to an activating group) is 1. The lowest BCUT2D eigenvalue weighted by Gasteiger charge is -2.33. The zero-order chi connectivity index (χ0) is 25.3. The van der Waals surface area contributed by atoms with Crippen molar-refractivity contribution in [1.82, 2.24) is 15.1 Å². The average Bonchev–Trinajstić information content (AvgIpc) is 3.25. The lowest BCUT2D eigenvalue weighted by Crippen LogP contribution is -2.30. The number of alkyl halides is 2. The minimum atomic E-state index is -2.61. The molecule has 0 bridgehead atoms. The van der Waals surface area contributed by atoms with Crippen molar-refractivity contribution in [3.05, 3.63) is 46.3 Å². The van der Waals surface area contributed by atoms with Gasteiger partial charge in [-0.25, -0.2) is 8.78 Å². The molecule has 1 aromatic carbocycles. The van der Waals surface area contributed by atoms with E-state index in [4.69, 9.17) is 10.5 Å². The first-order chi connectivity index (χ1) is 16.4. The summed E-state index contributed by atoms with van der Waals surface area (Å²) in [6.07, 6.45) is 3.67. The Kier molecular flexibility index (Phi) is 10.4. The fraction of sp³-hybridized carbons (Fsp3) is 0.480. The molecule has 0 aliphatic carbocycles. The highest BCUT2D eigenvalue weighted by atomic mass is 19.3. The molecule has 0 saturated carbocycles. The highest BCUT2D eigenvalue weighted by Gasteiger charge is 2.29. The van der Waals surface area contributed by atoms with Gasteiger partial charge in [-0.2, -0.15) is 5.10 Å². The number of hydrogen-bond donors (Lipinski definition) is 2. The highest BCUT2D eigenvalue weighted by Crippen LogP contribution is 2.41. The summed E-state index contributed by atoms with van der Waals surface area (Å²) in [4.78, 5) is 17.1. The van der Waals surface area contributed by atoms with Gasteiger partial charge < -0.3 is 20.3 Å². The number of hydrogen-bond acceptors (Lipinski definition) is 6. The summed E-state index contributed by atoms with van der Waals surface area (Å²) in [6.45, 7) is 7.99. The number of aromatic amines is 1. The second kappa shape index (κ2) is 13.0. The first kappa shape index (κ1) is 27.2. The third-order valence-corrected chi connectivity index (χ3v) is 5.72. The lowest BCUT2D eigenvalue weighted by atomic mass is 9.92. The van der Waals surface area contributed by atoms with Crippen molar-refractivity contribution in [2.75, 3.05) is 32.1 Å². The number of aryl methyl sites for hydroxylation is 1. The Morgan fingerprint density at radius 1 is 1.26 bits per heavy atom. The molecule has 0 amide bonds. The summed E-state index contributed by atoms with van der Waals surface area (Å²) in [6, 6.07) is 3.45. The minimum absolute atomic E-state index is 0.0335. The van der Waals surface area contributed by atoms with Crippen LogP contribution in [0.1, 0.15) is 61.6 Å². The third-order valence-electron chi connectivity index (χ3n) is 5.72. The monoisotopic (exact) mass is 474 g/mol. The summed E-state index contributed by atoms with van der Waals surface area (Å²) in [7, 11) is 3.68. The molecule has 9 heteroatoms. The van der Waals surface area contributed by atoms with Crippen LogP contribution in [-0.2, 0) is 24.2 Å². The second-order valence-corrected chi connectivity index (χ2v) is 7.86. The molecular weight excluding hydrogens is 438 g/mol. The number of carbonyl (C=O) groups is 1. The van der Waals surface area contributed by atoms with Crippen LogP contribution >= 0.6 is 0 Å². The van der Waals surface area contributed by atoms with Crippen LogP contribution in [-0.4, -0.2) is 54.8 Å². The van der Waals surface area contributed by atoms with Gasteiger partial charge in [0, 0.05) is 73.6 Å². The number of nitrogens with two attached hydrogens (primary N) is 1. The van der Waals surface area contributed by atoms with Crippen LogP contribution < -0.4 is 10.6 Å². The molecule has 0 spiro atoms. The van der Waals surface area contributed by atoms with Gasteiger partial charge in [-0.15, -0.1) is 0 Å². The minimum Gasteiger partial charge on any atom is -0.404 e. The van der Waals surface area contributed by atoms with Crippen LogP contribution in [0.25, 0.3) is 5.57 Å². The predicted octanol–water partition coefficient (Wildman–Crippen LogP) is 4.65. The van der Waals surface area contributed by atoms with Crippen LogP contribution in [0.4, 0.5) is 20.3 Å². The molecule has 0 saturated heterocycles. The first-order valence-electron chi connectivity index (χ1n) is 11.7. The number of H-pyrrole nitrogens is 1. The highest BCUT2D eigenvalue weighted by molar-refractivity contribution is 6.10. The van der Waals surface area contributed by atoms with E-state index < -0.39 is 6.43 Å². The fourth-order valence-electron chi connectivity index (χ4n) is 4.28. The Bertz CT molecular complexity index is 1020. The summed E-state index contributed by atoms with van der Waals surface area (Å²) in [5.74, 6) is 0.852. The molecule has 2 aliphatic heterocycles. The molecule has 4 rings (SSSR count). The van der Waals surface area contributed by atoms with Gasteiger partial charge in [0.2, 0.25) is 0 Å². The van der Waals surface area contributed by atoms with Crippen molar-refractivity contribution in [2.24, 2.45) is 10.7 Å². The number of carbonyl (C=O) groups excluding carboxylic acids is 1. The molecule has 34 heavy (non-hydrogen) atoms. The number of allylic oxidation sites excluding steroid dienone is 1. The number of rotatable bonds is 4. The molecule has 7 nitrogen and oxygen atoms in total. The Balaban J connectivity index is 0.000000758. The normalized spacial score (nSPS) is 15.8. The molecule has 3 N–H and O–H groups in total. The predicted molar refractivity (Wildman–Crippen MR) is 135 cm³/mol. The van der Waals surface area contributed by atoms with Gasteiger partial charge in [0.15, 0.2) is 5.82 Å². The largest absolute Gasteiger partial charge is 0.404 e. The quantitative estimate of drug-likeness (QED) is 0.497. The van der Waals surface area contributed by atoms with Crippen LogP contribution in [0.2, 0.25) is 0 Å². The van der Waals surface area contributed by atoms with Crippen molar-refractivity contribution in [3.8, 4) is 0 Å². The third kappa shape index (κ3) is 5.88. The van der Waals surface area contributed by atoms with Crippen LogP contribution in [0, 0.1) is 0 Å². The van der Waals surface area contributed by atoms with Gasteiger partial charge in [0.25, 0.3) is 6.43 Å². The Morgan fingerprint density at radius 2 is 1.97 bits per heavy atom. The van der Waals surface area contributed by atoms with E-state index in [-0.39, 0.29) is 5.56 Å². The number of aromatic nitrogens is 2.